The summed E-state index contributed by atoms with van der Waals surface area (Å²) in [6.45, 7) is 1.84. The molecule has 3 rings (SSSR count). The number of anilines is 1. The van der Waals surface area contributed by atoms with E-state index in [0.717, 1.165) is 12.1 Å². The summed E-state index contributed by atoms with van der Waals surface area (Å²) in [6.07, 6.45) is 1.35. The van der Waals surface area contributed by atoms with Gasteiger partial charge in [-0.25, -0.2) is 0 Å². The van der Waals surface area contributed by atoms with Gasteiger partial charge in [-0.05, 0) is 37.1 Å². The summed E-state index contributed by atoms with van der Waals surface area (Å²) in [5.74, 6) is -0.682. The summed E-state index contributed by atoms with van der Waals surface area (Å²) in [6, 6.07) is 7.08. The maximum Gasteiger partial charge on any atom is 0.239 e. The van der Waals surface area contributed by atoms with Crippen molar-refractivity contribution in [2.24, 2.45) is 11.8 Å². The number of aliphatic hydroxyl groups excluding tert-OH is 1. The van der Waals surface area contributed by atoms with Gasteiger partial charge in [0.1, 0.15) is 5.92 Å². The van der Waals surface area contributed by atoms with E-state index in [-0.39, 0.29) is 24.3 Å². The molecule has 2 atom stereocenters. The molecule has 118 valence electrons. The molecule has 2 fully saturated rings. The summed E-state index contributed by atoms with van der Waals surface area (Å²) < 4.78 is 0. The molecule has 2 unspecified atom stereocenters. The third kappa shape index (κ3) is 2.83. The fourth-order valence-electron chi connectivity index (χ4n) is 3.19. The molecular formula is C16H19ClN2O3. The molecule has 6 heteroatoms. The normalized spacial score (nSPS) is 25.1. The fourth-order valence-corrected chi connectivity index (χ4v) is 3.31. The zero-order chi connectivity index (χ0) is 15.7. The molecule has 0 radical (unpaired) electrons. The maximum absolute atomic E-state index is 12.5. The van der Waals surface area contributed by atoms with Gasteiger partial charge in [-0.2, -0.15) is 0 Å². The Morgan fingerprint density at radius 1 is 1.23 bits per heavy atom. The van der Waals surface area contributed by atoms with Crippen LogP contribution in [0.1, 0.15) is 12.8 Å². The van der Waals surface area contributed by atoms with E-state index in [1.165, 1.54) is 0 Å². The van der Waals surface area contributed by atoms with Crippen molar-refractivity contribution in [3.05, 3.63) is 29.3 Å². The zero-order valence-corrected chi connectivity index (χ0v) is 13.0. The van der Waals surface area contributed by atoms with Crippen LogP contribution in [-0.4, -0.2) is 48.1 Å². The van der Waals surface area contributed by atoms with Gasteiger partial charge in [0.2, 0.25) is 11.8 Å². The molecule has 0 saturated carbocycles. The summed E-state index contributed by atoms with van der Waals surface area (Å²) in [5.41, 5.74) is 0.777. The van der Waals surface area contributed by atoms with E-state index in [1.54, 1.807) is 34.1 Å². The molecule has 2 heterocycles. The lowest BCUT2D eigenvalue weighted by atomic mass is 10.1. The highest BCUT2D eigenvalue weighted by molar-refractivity contribution is 6.30. The Labute approximate surface area is 134 Å². The number of rotatable bonds is 3. The highest BCUT2D eigenvalue weighted by Gasteiger charge is 2.41. The van der Waals surface area contributed by atoms with Crippen LogP contribution in [0.25, 0.3) is 0 Å². The molecule has 2 amide bonds. The molecular weight excluding hydrogens is 304 g/mol. The van der Waals surface area contributed by atoms with Gasteiger partial charge in [0.05, 0.1) is 0 Å². The largest absolute Gasteiger partial charge is 0.396 e. The monoisotopic (exact) mass is 322 g/mol. The Morgan fingerprint density at radius 2 is 1.95 bits per heavy atom. The lowest BCUT2D eigenvalue weighted by Crippen LogP contribution is -2.39. The first-order chi connectivity index (χ1) is 10.6. The van der Waals surface area contributed by atoms with Gasteiger partial charge in [0.25, 0.3) is 0 Å². The second kappa shape index (κ2) is 6.26. The third-order valence-corrected chi connectivity index (χ3v) is 4.75. The van der Waals surface area contributed by atoms with Gasteiger partial charge < -0.3 is 14.9 Å². The van der Waals surface area contributed by atoms with Crippen LogP contribution < -0.4 is 4.90 Å². The fraction of sp³-hybridized carbons (Fsp3) is 0.500. The molecule has 0 bridgehead atoms. The van der Waals surface area contributed by atoms with E-state index in [4.69, 9.17) is 11.6 Å². The first-order valence-electron chi connectivity index (χ1n) is 7.56. The molecule has 1 aromatic rings. The standard InChI is InChI=1S/C16H19ClN2O3/c17-12-1-3-13(4-2-12)19-8-6-14(16(19)22)15(21)18-7-5-11(9-18)10-20/h1-4,11,14,20H,5-10H2. The van der Waals surface area contributed by atoms with Gasteiger partial charge in [-0.1, -0.05) is 11.6 Å². The second-order valence-electron chi connectivity index (χ2n) is 5.93. The first-order valence-corrected chi connectivity index (χ1v) is 7.94. The predicted octanol–water partition coefficient (Wildman–Crippen LogP) is 1.53. The highest BCUT2D eigenvalue weighted by Crippen LogP contribution is 2.29. The van der Waals surface area contributed by atoms with Gasteiger partial charge in [-0.15, -0.1) is 0 Å². The molecule has 5 nitrogen and oxygen atoms in total. The molecule has 2 aliphatic rings. The van der Waals surface area contributed by atoms with Crippen LogP contribution in [0.3, 0.4) is 0 Å². The van der Waals surface area contributed by atoms with E-state index in [9.17, 15) is 14.7 Å². The minimum atomic E-state index is -0.590. The zero-order valence-electron chi connectivity index (χ0n) is 12.2. The third-order valence-electron chi connectivity index (χ3n) is 4.50. The minimum Gasteiger partial charge on any atom is -0.396 e. The van der Waals surface area contributed by atoms with Crippen LogP contribution in [-0.2, 0) is 9.59 Å². The summed E-state index contributed by atoms with van der Waals surface area (Å²) in [7, 11) is 0. The number of carbonyl (C=O) groups is 2. The second-order valence-corrected chi connectivity index (χ2v) is 6.37. The predicted molar refractivity (Wildman–Crippen MR) is 83.7 cm³/mol. The number of carbonyl (C=O) groups excluding carboxylic acids is 2. The van der Waals surface area contributed by atoms with Crippen molar-refractivity contribution in [1.82, 2.24) is 4.90 Å². The van der Waals surface area contributed by atoms with Crippen molar-refractivity contribution < 1.29 is 14.7 Å². The summed E-state index contributed by atoms with van der Waals surface area (Å²) >= 11 is 5.86. The molecule has 1 aromatic carbocycles. The number of benzene rings is 1. The van der Waals surface area contributed by atoms with Gasteiger partial charge in [0.15, 0.2) is 0 Å². The number of aliphatic hydroxyl groups is 1. The Balaban J connectivity index is 1.68. The molecule has 1 N–H and O–H groups in total. The summed E-state index contributed by atoms with van der Waals surface area (Å²) in [5, 5.41) is 9.79. The van der Waals surface area contributed by atoms with Crippen LogP contribution in [0.2, 0.25) is 5.02 Å². The number of hydrogen-bond donors (Lipinski definition) is 1. The lowest BCUT2D eigenvalue weighted by molar-refractivity contribution is -0.139. The SMILES string of the molecule is O=C(C1CCN(c2ccc(Cl)cc2)C1=O)N1CCC(CO)C1. The summed E-state index contributed by atoms with van der Waals surface area (Å²) in [4.78, 5) is 28.4. The van der Waals surface area contributed by atoms with Crippen LogP contribution >= 0.6 is 11.6 Å². The topological polar surface area (TPSA) is 60.9 Å². The molecule has 0 aliphatic carbocycles. The average Bonchev–Trinajstić information content (AvgIpc) is 3.14. The number of amides is 2. The molecule has 22 heavy (non-hydrogen) atoms. The van der Waals surface area contributed by atoms with Crippen molar-refractivity contribution in [1.29, 1.82) is 0 Å². The Hall–Kier alpha value is -1.59. The van der Waals surface area contributed by atoms with Gasteiger partial charge in [-0.3, -0.25) is 9.59 Å². The van der Waals surface area contributed by atoms with E-state index in [1.807, 2.05) is 0 Å². The van der Waals surface area contributed by atoms with Crippen molar-refractivity contribution in [3.63, 3.8) is 0 Å². The Bertz CT molecular complexity index is 575. The average molecular weight is 323 g/mol. The van der Waals surface area contributed by atoms with Gasteiger partial charge >= 0.3 is 0 Å². The van der Waals surface area contributed by atoms with Crippen molar-refractivity contribution in [3.8, 4) is 0 Å². The molecule has 2 saturated heterocycles. The van der Waals surface area contributed by atoms with Crippen molar-refractivity contribution in [2.45, 2.75) is 12.8 Å². The van der Waals surface area contributed by atoms with Crippen molar-refractivity contribution >= 4 is 29.1 Å². The first kappa shape index (κ1) is 15.3. The van der Waals surface area contributed by atoms with Gasteiger partial charge in [0, 0.05) is 42.9 Å². The smallest absolute Gasteiger partial charge is 0.239 e. The quantitative estimate of drug-likeness (QED) is 0.859. The molecule has 2 aliphatic heterocycles. The number of likely N-dealkylation sites (tertiary alicyclic amines) is 1. The Morgan fingerprint density at radius 3 is 2.59 bits per heavy atom. The van der Waals surface area contributed by atoms with Crippen LogP contribution in [0.15, 0.2) is 24.3 Å². The van der Waals surface area contributed by atoms with E-state index in [0.29, 0.717) is 31.1 Å². The van der Waals surface area contributed by atoms with E-state index in [2.05, 4.69) is 0 Å². The lowest BCUT2D eigenvalue weighted by Gasteiger charge is -2.21. The van der Waals surface area contributed by atoms with Crippen molar-refractivity contribution in [2.75, 3.05) is 31.1 Å². The molecule has 0 aromatic heterocycles. The Kier molecular flexibility index (Phi) is 4.36. The number of hydrogen-bond acceptors (Lipinski definition) is 3. The van der Waals surface area contributed by atoms with E-state index < -0.39 is 5.92 Å². The van der Waals surface area contributed by atoms with E-state index >= 15 is 0 Å². The maximum atomic E-state index is 12.5. The number of nitrogens with zero attached hydrogens (tertiary/aromatic N) is 2. The van der Waals surface area contributed by atoms with Crippen LogP contribution in [0.5, 0.6) is 0 Å². The molecule has 0 spiro atoms. The number of halogens is 1. The van der Waals surface area contributed by atoms with Crippen LogP contribution in [0.4, 0.5) is 5.69 Å². The van der Waals surface area contributed by atoms with Crippen LogP contribution in [0, 0.1) is 11.8 Å². The minimum absolute atomic E-state index is 0.0965. The highest BCUT2D eigenvalue weighted by atomic mass is 35.5.